The minimum absolute atomic E-state index is 0.0628. The summed E-state index contributed by atoms with van der Waals surface area (Å²) in [5.74, 6) is 0. The van der Waals surface area contributed by atoms with Crippen LogP contribution in [0, 0.1) is 13.7 Å². The molecule has 0 fully saturated rings. The number of nitrogens with zero attached hydrogens (tertiary/aromatic N) is 1. The van der Waals surface area contributed by atoms with Gasteiger partial charge < -0.3 is 5.73 Å². The van der Waals surface area contributed by atoms with Crippen LogP contribution in [0.4, 0.5) is 18.9 Å². The van der Waals surface area contributed by atoms with Gasteiger partial charge in [-0.2, -0.15) is 13.2 Å². The lowest BCUT2D eigenvalue weighted by atomic mass is 10.1. The lowest BCUT2D eigenvalue weighted by Gasteiger charge is -2.12. The second-order valence-corrected chi connectivity index (χ2v) is 4.08. The Kier molecular flexibility index (Phi) is 3.73. The number of hydrogen-bond acceptors (Lipinski definition) is 3. The van der Waals surface area contributed by atoms with Crippen molar-refractivity contribution in [3.05, 3.63) is 36.9 Å². The van der Waals surface area contributed by atoms with Crippen LogP contribution >= 0.6 is 22.6 Å². The van der Waals surface area contributed by atoms with Gasteiger partial charge in [0.1, 0.15) is 0 Å². The zero-order chi connectivity index (χ0) is 12.5. The van der Waals surface area contributed by atoms with E-state index in [2.05, 4.69) is 0 Å². The molecular weight excluding hydrogens is 340 g/mol. The minimum atomic E-state index is -4.55. The Labute approximate surface area is 102 Å². The molecule has 0 spiro atoms. The summed E-state index contributed by atoms with van der Waals surface area (Å²) in [5, 5.41) is 10.5. The Morgan fingerprint density at radius 1 is 1.44 bits per heavy atom. The van der Waals surface area contributed by atoms with Gasteiger partial charge in [-0.3, -0.25) is 10.1 Å². The van der Waals surface area contributed by atoms with E-state index < -0.39 is 23.2 Å². The number of hydrogen-bond donors (Lipinski definition) is 1. The van der Waals surface area contributed by atoms with E-state index in [0.29, 0.717) is 0 Å². The molecule has 0 aliphatic rings. The zero-order valence-electron chi connectivity index (χ0n) is 7.71. The van der Waals surface area contributed by atoms with Gasteiger partial charge in [-0.1, -0.05) is 0 Å². The number of rotatable bonds is 2. The normalized spacial score (nSPS) is 11.6. The van der Waals surface area contributed by atoms with E-state index in [-0.39, 0.29) is 14.8 Å². The van der Waals surface area contributed by atoms with Crippen LogP contribution in [-0.4, -0.2) is 4.92 Å². The van der Waals surface area contributed by atoms with Crippen LogP contribution in [0.3, 0.4) is 0 Å². The molecule has 0 radical (unpaired) electrons. The summed E-state index contributed by atoms with van der Waals surface area (Å²) in [7, 11) is 0. The molecular formula is C8H6F3IN2O2. The predicted molar refractivity (Wildman–Crippen MR) is 58.7 cm³/mol. The summed E-state index contributed by atoms with van der Waals surface area (Å²) in [4.78, 5) is 9.79. The van der Waals surface area contributed by atoms with Gasteiger partial charge >= 0.3 is 6.18 Å². The standard InChI is InChI=1S/C8H6F3IN2O2/c9-8(10,11)5-2-6(12)7(14(15)16)1-4(5)3-13/h1-2H,3,13H2. The molecule has 0 saturated heterocycles. The van der Waals surface area contributed by atoms with E-state index in [4.69, 9.17) is 5.73 Å². The molecule has 0 saturated carbocycles. The molecule has 1 aromatic carbocycles. The topological polar surface area (TPSA) is 69.2 Å². The molecule has 1 aromatic rings. The highest BCUT2D eigenvalue weighted by atomic mass is 127. The largest absolute Gasteiger partial charge is 0.416 e. The Balaban J connectivity index is 3.44. The number of benzene rings is 1. The third-order valence-electron chi connectivity index (χ3n) is 1.89. The summed E-state index contributed by atoms with van der Waals surface area (Å²) >= 11 is 1.49. The average Bonchev–Trinajstić information content (AvgIpc) is 2.15. The SMILES string of the molecule is NCc1cc([N+](=O)[O-])c(I)cc1C(F)(F)F. The lowest BCUT2D eigenvalue weighted by molar-refractivity contribution is -0.385. The van der Waals surface area contributed by atoms with Crippen LogP contribution in [0.1, 0.15) is 11.1 Å². The molecule has 0 heterocycles. The van der Waals surface area contributed by atoms with Gasteiger partial charge in [0, 0.05) is 12.6 Å². The second kappa shape index (κ2) is 4.53. The Morgan fingerprint density at radius 3 is 2.38 bits per heavy atom. The summed E-state index contributed by atoms with van der Waals surface area (Å²) in [6, 6.07) is 1.60. The molecule has 8 heteroatoms. The Morgan fingerprint density at radius 2 is 2.00 bits per heavy atom. The highest BCUT2D eigenvalue weighted by Crippen LogP contribution is 2.36. The maximum atomic E-state index is 12.5. The second-order valence-electron chi connectivity index (χ2n) is 2.92. The van der Waals surface area contributed by atoms with Crippen LogP contribution in [0.2, 0.25) is 0 Å². The van der Waals surface area contributed by atoms with Crippen molar-refractivity contribution in [1.82, 2.24) is 0 Å². The lowest BCUT2D eigenvalue weighted by Crippen LogP contribution is -2.13. The number of nitrogens with two attached hydrogens (primary N) is 1. The third-order valence-corrected chi connectivity index (χ3v) is 2.76. The van der Waals surface area contributed by atoms with Crippen LogP contribution < -0.4 is 5.73 Å². The minimum Gasteiger partial charge on any atom is -0.326 e. The van der Waals surface area contributed by atoms with Crippen molar-refractivity contribution < 1.29 is 18.1 Å². The predicted octanol–water partition coefficient (Wildman–Crippen LogP) is 2.68. The van der Waals surface area contributed by atoms with Crippen LogP contribution in [0.15, 0.2) is 12.1 Å². The molecule has 88 valence electrons. The first-order chi connectivity index (χ1) is 7.27. The third kappa shape index (κ3) is 2.61. The Bertz CT molecular complexity index is 434. The first-order valence-corrected chi connectivity index (χ1v) is 5.09. The fraction of sp³-hybridized carbons (Fsp3) is 0.250. The number of halogens is 4. The molecule has 0 atom stereocenters. The van der Waals surface area contributed by atoms with Gasteiger partial charge in [-0.05, 0) is 34.2 Å². The molecule has 4 nitrogen and oxygen atoms in total. The molecule has 0 unspecified atom stereocenters. The maximum Gasteiger partial charge on any atom is 0.416 e. The van der Waals surface area contributed by atoms with E-state index >= 15 is 0 Å². The molecule has 0 aromatic heterocycles. The number of nitro benzene ring substituents is 1. The van der Waals surface area contributed by atoms with E-state index in [1.165, 1.54) is 22.6 Å². The first-order valence-electron chi connectivity index (χ1n) is 4.01. The fourth-order valence-electron chi connectivity index (χ4n) is 1.18. The van der Waals surface area contributed by atoms with Gasteiger partial charge in [0.05, 0.1) is 14.1 Å². The van der Waals surface area contributed by atoms with Crippen LogP contribution in [0.5, 0.6) is 0 Å². The van der Waals surface area contributed by atoms with Crippen LogP contribution in [-0.2, 0) is 12.7 Å². The number of nitro groups is 1. The van der Waals surface area contributed by atoms with E-state index in [1.807, 2.05) is 0 Å². The highest BCUT2D eigenvalue weighted by molar-refractivity contribution is 14.1. The molecule has 0 amide bonds. The summed E-state index contributed by atoms with van der Waals surface area (Å²) in [5.41, 5.74) is 3.57. The molecule has 1 rings (SSSR count). The van der Waals surface area contributed by atoms with Crippen molar-refractivity contribution in [2.45, 2.75) is 12.7 Å². The van der Waals surface area contributed by atoms with Crippen molar-refractivity contribution in [2.24, 2.45) is 5.73 Å². The maximum absolute atomic E-state index is 12.5. The first kappa shape index (κ1) is 13.2. The van der Waals surface area contributed by atoms with E-state index in [1.54, 1.807) is 0 Å². The quantitative estimate of drug-likeness (QED) is 0.509. The van der Waals surface area contributed by atoms with Gasteiger partial charge in [-0.25, -0.2) is 0 Å². The molecule has 0 bridgehead atoms. The molecule has 16 heavy (non-hydrogen) atoms. The number of alkyl halides is 3. The summed E-state index contributed by atoms with van der Waals surface area (Å²) < 4.78 is 37.5. The zero-order valence-corrected chi connectivity index (χ0v) is 9.87. The smallest absolute Gasteiger partial charge is 0.326 e. The van der Waals surface area contributed by atoms with E-state index in [9.17, 15) is 23.3 Å². The van der Waals surface area contributed by atoms with Gasteiger partial charge in [0.25, 0.3) is 5.69 Å². The van der Waals surface area contributed by atoms with Crippen LogP contribution in [0.25, 0.3) is 0 Å². The van der Waals surface area contributed by atoms with Crippen molar-refractivity contribution >= 4 is 28.3 Å². The van der Waals surface area contributed by atoms with Crippen molar-refractivity contribution in [3.8, 4) is 0 Å². The summed E-state index contributed by atoms with van der Waals surface area (Å²) in [6.07, 6.45) is -4.55. The van der Waals surface area contributed by atoms with Gasteiger partial charge in [0.15, 0.2) is 0 Å². The van der Waals surface area contributed by atoms with E-state index in [0.717, 1.165) is 12.1 Å². The van der Waals surface area contributed by atoms with Crippen molar-refractivity contribution in [3.63, 3.8) is 0 Å². The average molecular weight is 346 g/mol. The molecule has 0 aliphatic carbocycles. The Hall–Kier alpha value is -0.900. The van der Waals surface area contributed by atoms with Gasteiger partial charge in [-0.15, -0.1) is 0 Å². The fourth-order valence-corrected chi connectivity index (χ4v) is 1.84. The molecule has 0 aliphatic heterocycles. The van der Waals surface area contributed by atoms with Crippen molar-refractivity contribution in [2.75, 3.05) is 0 Å². The monoisotopic (exact) mass is 346 g/mol. The molecule has 2 N–H and O–H groups in total. The van der Waals surface area contributed by atoms with Gasteiger partial charge in [0.2, 0.25) is 0 Å². The van der Waals surface area contributed by atoms with Crippen molar-refractivity contribution in [1.29, 1.82) is 0 Å². The highest BCUT2D eigenvalue weighted by Gasteiger charge is 2.35. The summed E-state index contributed by atoms with van der Waals surface area (Å²) in [6.45, 7) is -0.396.